The lowest BCUT2D eigenvalue weighted by atomic mass is 10.2. The van der Waals surface area contributed by atoms with Crippen LogP contribution < -0.4 is 20.7 Å². The average Bonchev–Trinajstić information content (AvgIpc) is 2.71. The fourth-order valence-electron chi connectivity index (χ4n) is 3.65. The molecular weight excluding hydrogens is 380 g/mol. The first kappa shape index (κ1) is 19.2. The first-order valence-electron chi connectivity index (χ1n) is 9.34. The number of nitrogens with one attached hydrogen (secondary N) is 1. The van der Waals surface area contributed by atoms with Gasteiger partial charge in [-0.15, -0.1) is 0 Å². The number of carboxylic acids is 1. The number of amides is 1. The molecule has 0 aliphatic carbocycles. The van der Waals surface area contributed by atoms with Crippen LogP contribution in [0.2, 0.25) is 0 Å². The molecule has 0 spiro atoms. The molecule has 0 bridgehead atoms. The van der Waals surface area contributed by atoms with E-state index < -0.39 is 23.0 Å². The smallest absolute Gasteiger partial charge is 0.358 e. The maximum Gasteiger partial charge on any atom is 0.358 e. The van der Waals surface area contributed by atoms with Gasteiger partial charge in [0.05, 0.1) is 17.9 Å². The van der Waals surface area contributed by atoms with Gasteiger partial charge in [0.1, 0.15) is 0 Å². The van der Waals surface area contributed by atoms with Gasteiger partial charge in [0.25, 0.3) is 0 Å². The average molecular weight is 402 g/mol. The summed E-state index contributed by atoms with van der Waals surface area (Å²) in [7, 11) is 2.03. The van der Waals surface area contributed by atoms with Gasteiger partial charge in [-0.2, -0.15) is 0 Å². The van der Waals surface area contributed by atoms with Crippen LogP contribution in [0.4, 0.5) is 11.4 Å². The van der Waals surface area contributed by atoms with Gasteiger partial charge in [0, 0.05) is 45.5 Å². The molecule has 4 heterocycles. The number of aromatic carboxylic acids is 1. The summed E-state index contributed by atoms with van der Waals surface area (Å²) in [5, 5.41) is 22.4. The van der Waals surface area contributed by atoms with E-state index in [1.807, 2.05) is 7.05 Å². The van der Waals surface area contributed by atoms with Crippen molar-refractivity contribution < 1.29 is 19.8 Å². The van der Waals surface area contributed by atoms with Crippen molar-refractivity contribution in [2.45, 2.75) is 0 Å². The second-order valence-electron chi connectivity index (χ2n) is 7.21. The summed E-state index contributed by atoms with van der Waals surface area (Å²) in [4.78, 5) is 46.5. The normalized spacial score (nSPS) is 18.4. The van der Waals surface area contributed by atoms with Gasteiger partial charge in [0.2, 0.25) is 11.7 Å². The topological polar surface area (TPSA) is 131 Å². The molecule has 29 heavy (non-hydrogen) atoms. The number of hydrogen-bond acceptors (Lipinski definition) is 8. The minimum absolute atomic E-state index is 0.0262. The Balaban J connectivity index is 1.94. The van der Waals surface area contributed by atoms with Crippen LogP contribution in [0.15, 0.2) is 17.1 Å². The van der Waals surface area contributed by atoms with E-state index in [9.17, 15) is 24.6 Å². The van der Waals surface area contributed by atoms with Crippen molar-refractivity contribution in [3.8, 4) is 5.75 Å². The molecule has 1 amide bonds. The summed E-state index contributed by atoms with van der Waals surface area (Å²) in [5.74, 6) is -2.64. The lowest BCUT2D eigenvalue weighted by molar-refractivity contribution is -0.118. The predicted octanol–water partition coefficient (Wildman–Crippen LogP) is -1.21. The van der Waals surface area contributed by atoms with E-state index in [0.717, 1.165) is 30.6 Å². The highest BCUT2D eigenvalue weighted by Crippen LogP contribution is 2.29. The molecule has 11 heteroatoms. The fourth-order valence-corrected chi connectivity index (χ4v) is 3.65. The summed E-state index contributed by atoms with van der Waals surface area (Å²) >= 11 is 0. The Hall–Kier alpha value is -3.18. The molecule has 154 valence electrons. The van der Waals surface area contributed by atoms with Crippen molar-refractivity contribution in [3.63, 3.8) is 0 Å². The van der Waals surface area contributed by atoms with Gasteiger partial charge in [-0.05, 0) is 13.1 Å². The van der Waals surface area contributed by atoms with Gasteiger partial charge in [-0.25, -0.2) is 9.78 Å². The Labute approximate surface area is 165 Å². The number of rotatable bonds is 3. The molecule has 2 aliphatic rings. The molecule has 2 aromatic heterocycles. The summed E-state index contributed by atoms with van der Waals surface area (Å²) in [6.45, 7) is 4.22. The van der Waals surface area contributed by atoms with Crippen LogP contribution in [0.5, 0.6) is 5.75 Å². The molecule has 2 aliphatic heterocycles. The van der Waals surface area contributed by atoms with Crippen molar-refractivity contribution in [1.29, 1.82) is 0 Å². The van der Waals surface area contributed by atoms with Crippen LogP contribution in [-0.4, -0.2) is 89.2 Å². The van der Waals surface area contributed by atoms with Crippen molar-refractivity contribution in [2.24, 2.45) is 0 Å². The van der Waals surface area contributed by atoms with E-state index >= 15 is 0 Å². The van der Waals surface area contributed by atoms with Gasteiger partial charge >= 0.3 is 11.5 Å². The zero-order chi connectivity index (χ0) is 20.7. The van der Waals surface area contributed by atoms with E-state index in [2.05, 4.69) is 20.1 Å². The predicted molar refractivity (Wildman–Crippen MR) is 105 cm³/mol. The van der Waals surface area contributed by atoms with Crippen LogP contribution in [0.1, 0.15) is 10.5 Å². The lowest BCUT2D eigenvalue weighted by Crippen LogP contribution is -2.49. The highest BCUT2D eigenvalue weighted by atomic mass is 16.4. The minimum Gasteiger partial charge on any atom is -0.501 e. The zero-order valence-corrected chi connectivity index (χ0v) is 16.0. The third-order valence-corrected chi connectivity index (χ3v) is 5.32. The fraction of sp³-hybridized carbons (Fsp3) is 0.444. The second kappa shape index (κ2) is 7.33. The molecule has 0 unspecified atom stereocenters. The van der Waals surface area contributed by atoms with Crippen LogP contribution in [0, 0.1) is 0 Å². The monoisotopic (exact) mass is 402 g/mol. The van der Waals surface area contributed by atoms with Crippen LogP contribution in [-0.2, 0) is 4.79 Å². The van der Waals surface area contributed by atoms with Crippen molar-refractivity contribution in [2.75, 3.05) is 62.7 Å². The van der Waals surface area contributed by atoms with E-state index in [0.29, 0.717) is 24.5 Å². The molecular formula is C18H22N6O5. The minimum atomic E-state index is -1.51. The molecule has 0 aromatic carbocycles. The quantitative estimate of drug-likeness (QED) is 0.578. The Morgan fingerprint density at radius 1 is 1.17 bits per heavy atom. The second-order valence-corrected chi connectivity index (χ2v) is 7.21. The van der Waals surface area contributed by atoms with E-state index in [4.69, 9.17) is 0 Å². The highest BCUT2D eigenvalue weighted by molar-refractivity contribution is 6.00. The Bertz CT molecular complexity index is 1040. The van der Waals surface area contributed by atoms with E-state index in [-0.39, 0.29) is 18.1 Å². The Morgan fingerprint density at radius 3 is 2.55 bits per heavy atom. The first-order valence-corrected chi connectivity index (χ1v) is 9.34. The van der Waals surface area contributed by atoms with Crippen molar-refractivity contribution in [3.05, 3.63) is 28.3 Å². The van der Waals surface area contributed by atoms with Gasteiger partial charge in [0.15, 0.2) is 11.3 Å². The number of likely N-dealkylation sites (N-methyl/N-ethyl adjacent to an activating group) is 1. The summed E-state index contributed by atoms with van der Waals surface area (Å²) in [6, 6.07) is 1.76. The largest absolute Gasteiger partial charge is 0.501 e. The molecule has 3 N–H and O–H groups in total. The molecule has 4 rings (SSSR count). The lowest BCUT2D eigenvalue weighted by Gasteiger charge is -2.35. The van der Waals surface area contributed by atoms with Crippen LogP contribution >= 0.6 is 0 Å². The molecule has 2 saturated heterocycles. The Morgan fingerprint density at radius 2 is 1.90 bits per heavy atom. The number of aromatic hydroxyl groups is 1. The van der Waals surface area contributed by atoms with Crippen LogP contribution in [0.3, 0.4) is 0 Å². The van der Waals surface area contributed by atoms with E-state index in [1.165, 1.54) is 11.1 Å². The summed E-state index contributed by atoms with van der Waals surface area (Å²) < 4.78 is 1.13. The number of aromatic nitrogens is 2. The van der Waals surface area contributed by atoms with Gasteiger partial charge < -0.3 is 30.2 Å². The third-order valence-electron chi connectivity index (χ3n) is 5.32. The number of anilines is 2. The molecule has 0 radical (unpaired) electrons. The number of piperazine rings is 2. The van der Waals surface area contributed by atoms with Crippen molar-refractivity contribution in [1.82, 2.24) is 19.6 Å². The maximum atomic E-state index is 12.7. The summed E-state index contributed by atoms with van der Waals surface area (Å²) in [5.41, 5.74) is -0.525. The van der Waals surface area contributed by atoms with Gasteiger partial charge in [-0.1, -0.05) is 0 Å². The molecule has 2 aromatic rings. The molecule has 0 atom stereocenters. The number of carboxylic acid groups (broad SMARTS) is 1. The molecule has 2 fully saturated rings. The van der Waals surface area contributed by atoms with Crippen molar-refractivity contribution >= 4 is 28.9 Å². The van der Waals surface area contributed by atoms with Crippen LogP contribution in [0.25, 0.3) is 5.65 Å². The number of fused-ring (bicyclic) bond motifs is 1. The highest BCUT2D eigenvalue weighted by Gasteiger charge is 2.27. The third kappa shape index (κ3) is 3.38. The SMILES string of the molecule is CN1CCN(c2cc(N3CCNCC3=O)c3nc(C(=O)O)c(O)c(=O)n3c2)CC1. The molecule has 11 nitrogen and oxygen atoms in total. The number of carbonyl (C=O) groups excluding carboxylic acids is 1. The summed E-state index contributed by atoms with van der Waals surface area (Å²) in [6.07, 6.45) is 1.54. The number of carbonyl (C=O) groups is 2. The first-order chi connectivity index (χ1) is 13.9. The number of pyridine rings is 1. The standard InChI is InChI=1S/C18H22N6O5/c1-21-4-6-22(7-5-21)11-8-12(23-3-2-19-9-13(23)25)16-20-14(18(28)29)15(26)17(27)24(16)10-11/h8,10,19,26H,2-7,9H2,1H3,(H,28,29). The zero-order valence-electron chi connectivity index (χ0n) is 16.0. The number of hydrogen-bond donors (Lipinski definition) is 3. The Kier molecular flexibility index (Phi) is 4.84. The maximum absolute atomic E-state index is 12.7. The van der Waals surface area contributed by atoms with Gasteiger partial charge in [-0.3, -0.25) is 14.0 Å². The molecule has 0 saturated carbocycles. The van der Waals surface area contributed by atoms with E-state index in [1.54, 1.807) is 6.07 Å². The number of nitrogens with zero attached hydrogens (tertiary/aromatic N) is 5.